The molecule has 1 aliphatic heterocycles. The van der Waals surface area contributed by atoms with Gasteiger partial charge in [-0.25, -0.2) is 4.79 Å². The van der Waals surface area contributed by atoms with E-state index in [1.54, 1.807) is 18.2 Å². The summed E-state index contributed by atoms with van der Waals surface area (Å²) in [7, 11) is 0. The second-order valence-electron chi connectivity index (χ2n) is 3.74. The number of benzene rings is 1. The zero-order valence-electron chi connectivity index (χ0n) is 8.73. The molecule has 1 aromatic carbocycles. The summed E-state index contributed by atoms with van der Waals surface area (Å²) < 4.78 is 0. The van der Waals surface area contributed by atoms with Crippen LogP contribution in [0, 0.1) is 0 Å². The first kappa shape index (κ1) is 10.7. The van der Waals surface area contributed by atoms with Crippen LogP contribution in [-0.4, -0.2) is 29.3 Å². The maximum absolute atomic E-state index is 11.1. The number of carboxylic acid groups (broad SMARTS) is 1. The van der Waals surface area contributed by atoms with Gasteiger partial charge in [-0.3, -0.25) is 0 Å². The van der Waals surface area contributed by atoms with Crippen LogP contribution < -0.4 is 5.32 Å². The number of aromatic hydroxyl groups is 1. The van der Waals surface area contributed by atoms with E-state index in [2.05, 4.69) is 5.32 Å². The van der Waals surface area contributed by atoms with Crippen molar-refractivity contribution in [1.29, 1.82) is 0 Å². The molecule has 4 nitrogen and oxygen atoms in total. The van der Waals surface area contributed by atoms with Crippen LogP contribution in [0.5, 0.6) is 5.75 Å². The molecule has 16 heavy (non-hydrogen) atoms. The third-order valence-electron chi connectivity index (χ3n) is 2.67. The summed E-state index contributed by atoms with van der Waals surface area (Å²) in [6.07, 6.45) is 0.514. The van der Waals surface area contributed by atoms with Gasteiger partial charge in [-0.05, 0) is 36.2 Å². The summed E-state index contributed by atoms with van der Waals surface area (Å²) in [4.78, 5) is 11.1. The number of phenolic OH excluding ortho intramolecular Hbond substituents is 1. The molecule has 0 unspecified atom stereocenters. The van der Waals surface area contributed by atoms with Crippen LogP contribution in [0.3, 0.4) is 0 Å². The van der Waals surface area contributed by atoms with Gasteiger partial charge in [0.15, 0.2) is 0 Å². The van der Waals surface area contributed by atoms with Gasteiger partial charge in [0, 0.05) is 12.1 Å². The Hall–Kier alpha value is -1.81. The molecule has 4 heteroatoms. The molecule has 0 fully saturated rings. The normalized spacial score (nSPS) is 16.2. The Morgan fingerprint density at radius 3 is 2.88 bits per heavy atom. The molecule has 1 aromatic rings. The van der Waals surface area contributed by atoms with E-state index in [4.69, 9.17) is 5.11 Å². The SMILES string of the molecule is O=C(O)C1=C(c2cccc(O)c2)CNCC1. The average molecular weight is 219 g/mol. The van der Waals surface area contributed by atoms with Gasteiger partial charge in [0.2, 0.25) is 0 Å². The largest absolute Gasteiger partial charge is 0.508 e. The second-order valence-corrected chi connectivity index (χ2v) is 3.74. The van der Waals surface area contributed by atoms with Gasteiger partial charge in [0.25, 0.3) is 0 Å². The number of hydrogen-bond donors (Lipinski definition) is 3. The van der Waals surface area contributed by atoms with Crippen LogP contribution >= 0.6 is 0 Å². The zero-order chi connectivity index (χ0) is 11.5. The van der Waals surface area contributed by atoms with Crippen molar-refractivity contribution in [1.82, 2.24) is 5.32 Å². The Bertz CT molecular complexity index is 451. The topological polar surface area (TPSA) is 69.6 Å². The molecule has 84 valence electrons. The van der Waals surface area contributed by atoms with Gasteiger partial charge in [0.05, 0.1) is 0 Å². The highest BCUT2D eigenvalue weighted by Gasteiger charge is 2.19. The maximum Gasteiger partial charge on any atom is 0.331 e. The number of phenols is 1. The summed E-state index contributed by atoms with van der Waals surface area (Å²) in [5.74, 6) is -0.722. The Kier molecular flexibility index (Phi) is 2.92. The first-order chi connectivity index (χ1) is 7.68. The van der Waals surface area contributed by atoms with Crippen LogP contribution in [0.4, 0.5) is 0 Å². The fourth-order valence-corrected chi connectivity index (χ4v) is 1.89. The molecular weight excluding hydrogens is 206 g/mol. The zero-order valence-corrected chi connectivity index (χ0v) is 8.73. The van der Waals surface area contributed by atoms with Crippen LogP contribution in [0.1, 0.15) is 12.0 Å². The van der Waals surface area contributed by atoms with E-state index in [1.807, 2.05) is 6.07 Å². The third kappa shape index (κ3) is 2.06. The Morgan fingerprint density at radius 1 is 1.38 bits per heavy atom. The Morgan fingerprint density at radius 2 is 2.19 bits per heavy atom. The summed E-state index contributed by atoms with van der Waals surface area (Å²) in [6, 6.07) is 6.68. The van der Waals surface area contributed by atoms with Crippen molar-refractivity contribution in [2.45, 2.75) is 6.42 Å². The highest BCUT2D eigenvalue weighted by molar-refractivity contribution is 5.97. The van der Waals surface area contributed by atoms with Crippen molar-refractivity contribution in [2.24, 2.45) is 0 Å². The van der Waals surface area contributed by atoms with Gasteiger partial charge in [-0.1, -0.05) is 12.1 Å². The lowest BCUT2D eigenvalue weighted by atomic mass is 9.95. The number of hydrogen-bond acceptors (Lipinski definition) is 3. The van der Waals surface area contributed by atoms with Gasteiger partial charge in [-0.2, -0.15) is 0 Å². The summed E-state index contributed by atoms with van der Waals surface area (Å²) in [6.45, 7) is 1.22. The fraction of sp³-hybridized carbons (Fsp3) is 0.250. The Balaban J connectivity index is 2.47. The van der Waals surface area contributed by atoms with Crippen molar-refractivity contribution >= 4 is 11.5 Å². The number of nitrogens with one attached hydrogen (secondary N) is 1. The number of aliphatic carboxylic acids is 1. The molecule has 1 aliphatic rings. The first-order valence-electron chi connectivity index (χ1n) is 5.14. The van der Waals surface area contributed by atoms with Crippen molar-refractivity contribution in [3.8, 4) is 5.75 Å². The molecule has 0 aromatic heterocycles. The van der Waals surface area contributed by atoms with E-state index >= 15 is 0 Å². The minimum absolute atomic E-state index is 0.153. The molecule has 0 radical (unpaired) electrons. The summed E-state index contributed by atoms with van der Waals surface area (Å²) >= 11 is 0. The lowest BCUT2D eigenvalue weighted by Gasteiger charge is -2.19. The van der Waals surface area contributed by atoms with E-state index in [9.17, 15) is 9.90 Å². The first-order valence-corrected chi connectivity index (χ1v) is 5.14. The highest BCUT2D eigenvalue weighted by Crippen LogP contribution is 2.25. The molecule has 0 aliphatic carbocycles. The van der Waals surface area contributed by atoms with Crippen LogP contribution in [0.2, 0.25) is 0 Å². The van der Waals surface area contributed by atoms with Crippen molar-refractivity contribution < 1.29 is 15.0 Å². The summed E-state index contributed by atoms with van der Waals surface area (Å²) in [5.41, 5.74) is 1.96. The molecule has 3 N–H and O–H groups in total. The average Bonchev–Trinajstić information content (AvgIpc) is 2.29. The van der Waals surface area contributed by atoms with Gasteiger partial charge >= 0.3 is 5.97 Å². The van der Waals surface area contributed by atoms with Crippen molar-refractivity contribution in [3.05, 3.63) is 35.4 Å². The highest BCUT2D eigenvalue weighted by atomic mass is 16.4. The lowest BCUT2D eigenvalue weighted by Crippen LogP contribution is -2.27. The third-order valence-corrected chi connectivity index (χ3v) is 2.67. The molecule has 0 atom stereocenters. The van der Waals surface area contributed by atoms with Crippen LogP contribution in [0.25, 0.3) is 5.57 Å². The van der Waals surface area contributed by atoms with Crippen LogP contribution in [-0.2, 0) is 4.79 Å². The molecule has 0 spiro atoms. The predicted molar refractivity (Wildman–Crippen MR) is 60.1 cm³/mol. The second kappa shape index (κ2) is 4.37. The standard InChI is InChI=1S/C12H13NO3/c14-9-3-1-2-8(6-9)11-7-13-5-4-10(11)12(15)16/h1-3,6,13-14H,4-5,7H2,(H,15,16). The van der Waals surface area contributed by atoms with Gasteiger partial charge < -0.3 is 15.5 Å². The van der Waals surface area contributed by atoms with Gasteiger partial charge in [-0.15, -0.1) is 0 Å². The predicted octanol–water partition coefficient (Wildman–Crippen LogP) is 1.22. The number of rotatable bonds is 2. The number of carbonyl (C=O) groups is 1. The molecule has 0 amide bonds. The molecular formula is C12H13NO3. The van der Waals surface area contributed by atoms with Crippen molar-refractivity contribution in [2.75, 3.05) is 13.1 Å². The molecule has 0 saturated heterocycles. The van der Waals surface area contributed by atoms with E-state index in [1.165, 1.54) is 0 Å². The fourth-order valence-electron chi connectivity index (χ4n) is 1.89. The van der Waals surface area contributed by atoms with E-state index < -0.39 is 5.97 Å². The maximum atomic E-state index is 11.1. The number of carboxylic acids is 1. The van der Waals surface area contributed by atoms with E-state index in [0.717, 1.165) is 11.1 Å². The van der Waals surface area contributed by atoms with Crippen LogP contribution in [0.15, 0.2) is 29.8 Å². The monoisotopic (exact) mass is 219 g/mol. The Labute approximate surface area is 93.2 Å². The molecule has 2 rings (SSSR count). The van der Waals surface area contributed by atoms with Crippen molar-refractivity contribution in [3.63, 3.8) is 0 Å². The molecule has 0 saturated carbocycles. The van der Waals surface area contributed by atoms with E-state index in [-0.39, 0.29) is 5.75 Å². The smallest absolute Gasteiger partial charge is 0.331 e. The van der Waals surface area contributed by atoms with E-state index in [0.29, 0.717) is 25.1 Å². The lowest BCUT2D eigenvalue weighted by molar-refractivity contribution is -0.132. The molecule has 1 heterocycles. The minimum atomic E-state index is -0.875. The van der Waals surface area contributed by atoms with Gasteiger partial charge in [0.1, 0.15) is 5.75 Å². The summed E-state index contributed by atoms with van der Waals surface area (Å²) in [5, 5.41) is 21.6. The quantitative estimate of drug-likeness (QED) is 0.699. The molecule has 0 bridgehead atoms. The minimum Gasteiger partial charge on any atom is -0.508 e.